The van der Waals surface area contributed by atoms with Crippen LogP contribution < -0.4 is 0 Å². The largest absolute Gasteiger partial charge is 0.335 e. The Morgan fingerprint density at radius 2 is 1.73 bits per heavy atom. The van der Waals surface area contributed by atoms with Crippen LogP contribution in [0.3, 0.4) is 0 Å². The van der Waals surface area contributed by atoms with Crippen molar-refractivity contribution < 1.29 is 14.4 Å². The van der Waals surface area contributed by atoms with E-state index in [0.717, 1.165) is 21.1 Å². The molecule has 0 radical (unpaired) electrons. The molecule has 0 aliphatic carbocycles. The Kier molecular flexibility index (Phi) is 5.49. The molecule has 0 saturated carbocycles. The minimum Gasteiger partial charge on any atom is -0.280 e. The summed E-state index contributed by atoms with van der Waals surface area (Å²) in [6.07, 6.45) is 0.797. The third-order valence-electron chi connectivity index (χ3n) is 4.33. The number of aryl methyl sites for hydroxylation is 1. The molecular weight excluding hydrogens is 350 g/mol. The highest BCUT2D eigenvalue weighted by Crippen LogP contribution is 2.19. The van der Waals surface area contributed by atoms with Gasteiger partial charge in [0.15, 0.2) is 0 Å². The first kappa shape index (κ1) is 18.3. The minimum absolute atomic E-state index is 0.109. The predicted octanol–water partition coefficient (Wildman–Crippen LogP) is 2.48. The summed E-state index contributed by atoms with van der Waals surface area (Å²) in [5.74, 6) is -1.53. The smallest absolute Gasteiger partial charge is 0.280 e. The lowest BCUT2D eigenvalue weighted by atomic mass is 10.1. The lowest BCUT2D eigenvalue weighted by Crippen LogP contribution is -2.42. The molecule has 1 aliphatic rings. The van der Waals surface area contributed by atoms with E-state index < -0.39 is 17.8 Å². The van der Waals surface area contributed by atoms with Gasteiger partial charge in [-0.3, -0.25) is 19.4 Å². The summed E-state index contributed by atoms with van der Waals surface area (Å²) in [4.78, 5) is 42.3. The zero-order chi connectivity index (χ0) is 18.7. The lowest BCUT2D eigenvalue weighted by Gasteiger charge is -2.25. The zero-order valence-electron chi connectivity index (χ0n) is 14.8. The maximum Gasteiger partial charge on any atom is 0.335 e. The summed E-state index contributed by atoms with van der Waals surface area (Å²) in [7, 11) is 1.33. The van der Waals surface area contributed by atoms with Crippen LogP contribution in [0.5, 0.6) is 0 Å². The number of benzene rings is 1. The maximum absolute atomic E-state index is 12.2. The third kappa shape index (κ3) is 4.00. The molecule has 2 heterocycles. The third-order valence-corrected chi connectivity index (χ3v) is 5.31. The highest BCUT2D eigenvalue weighted by Gasteiger charge is 2.42. The summed E-state index contributed by atoms with van der Waals surface area (Å²) < 4.78 is 0. The molecule has 26 heavy (non-hydrogen) atoms. The first-order valence-electron chi connectivity index (χ1n) is 8.41. The Morgan fingerprint density at radius 3 is 2.31 bits per heavy atom. The molecular formula is C19H21N3O3S. The van der Waals surface area contributed by atoms with Crippen LogP contribution in [-0.4, -0.2) is 52.8 Å². The van der Waals surface area contributed by atoms with E-state index in [1.807, 2.05) is 30.0 Å². The van der Waals surface area contributed by atoms with E-state index in [9.17, 15) is 14.4 Å². The van der Waals surface area contributed by atoms with Crippen molar-refractivity contribution in [2.24, 2.45) is 0 Å². The standard InChI is InChI=1S/C19H21N3O3S/c1-14-8-9-16(26-14)12-21(11-10-15-6-4-3-5-7-15)13-22-18(24)17(23)20(2)19(22)25/h3-9H,10-13H2,1-2H3. The van der Waals surface area contributed by atoms with Crippen molar-refractivity contribution in [3.63, 3.8) is 0 Å². The molecule has 3 rings (SSSR count). The van der Waals surface area contributed by atoms with Gasteiger partial charge in [-0.15, -0.1) is 11.3 Å². The summed E-state index contributed by atoms with van der Waals surface area (Å²) in [5, 5.41) is 0. The van der Waals surface area contributed by atoms with Gasteiger partial charge in [0.2, 0.25) is 0 Å². The van der Waals surface area contributed by atoms with E-state index >= 15 is 0 Å². The number of hydrogen-bond donors (Lipinski definition) is 0. The fraction of sp³-hybridized carbons (Fsp3) is 0.316. The van der Waals surface area contributed by atoms with Gasteiger partial charge >= 0.3 is 17.8 Å². The van der Waals surface area contributed by atoms with Crippen molar-refractivity contribution in [3.8, 4) is 0 Å². The van der Waals surface area contributed by atoms with Gasteiger partial charge < -0.3 is 0 Å². The van der Waals surface area contributed by atoms with Gasteiger partial charge in [-0.1, -0.05) is 30.3 Å². The van der Waals surface area contributed by atoms with E-state index in [4.69, 9.17) is 0 Å². The van der Waals surface area contributed by atoms with Crippen LogP contribution in [0, 0.1) is 6.92 Å². The van der Waals surface area contributed by atoms with Gasteiger partial charge in [-0.25, -0.2) is 9.69 Å². The number of imide groups is 2. The molecule has 1 aliphatic heterocycles. The van der Waals surface area contributed by atoms with E-state index in [1.54, 1.807) is 11.3 Å². The van der Waals surface area contributed by atoms with Gasteiger partial charge in [0.1, 0.15) is 0 Å². The number of rotatable bonds is 7. The van der Waals surface area contributed by atoms with E-state index in [0.29, 0.717) is 13.1 Å². The number of amides is 4. The molecule has 6 nitrogen and oxygen atoms in total. The number of carbonyl (C=O) groups is 3. The lowest BCUT2D eigenvalue weighted by molar-refractivity contribution is -0.143. The van der Waals surface area contributed by atoms with Gasteiger partial charge in [0, 0.05) is 29.9 Å². The van der Waals surface area contributed by atoms with Crippen molar-refractivity contribution in [2.45, 2.75) is 19.9 Å². The summed E-state index contributed by atoms with van der Waals surface area (Å²) >= 11 is 1.69. The maximum atomic E-state index is 12.2. The fourth-order valence-corrected chi connectivity index (χ4v) is 3.79. The van der Waals surface area contributed by atoms with Crippen LogP contribution in [0.2, 0.25) is 0 Å². The Balaban J connectivity index is 1.72. The SMILES string of the molecule is Cc1ccc(CN(CCc2ccccc2)CN2C(=O)C(=O)N(C)C2=O)s1. The van der Waals surface area contributed by atoms with Crippen LogP contribution in [0.25, 0.3) is 0 Å². The van der Waals surface area contributed by atoms with Crippen molar-refractivity contribution in [1.82, 2.24) is 14.7 Å². The molecule has 1 saturated heterocycles. The number of hydrogen-bond acceptors (Lipinski definition) is 5. The molecule has 1 fully saturated rings. The second kappa shape index (κ2) is 7.80. The average molecular weight is 371 g/mol. The van der Waals surface area contributed by atoms with Gasteiger partial charge in [0.25, 0.3) is 0 Å². The first-order chi connectivity index (χ1) is 12.5. The highest BCUT2D eigenvalue weighted by molar-refractivity contribution is 7.11. The van der Waals surface area contributed by atoms with Crippen molar-refractivity contribution in [3.05, 3.63) is 57.8 Å². The molecule has 0 unspecified atom stereocenters. The van der Waals surface area contributed by atoms with Crippen LogP contribution in [0.15, 0.2) is 42.5 Å². The number of nitrogens with zero attached hydrogens (tertiary/aromatic N) is 3. The summed E-state index contributed by atoms with van der Waals surface area (Å²) in [5.41, 5.74) is 1.19. The Hall–Kier alpha value is -2.51. The summed E-state index contributed by atoms with van der Waals surface area (Å²) in [6, 6.07) is 13.6. The second-order valence-electron chi connectivity index (χ2n) is 6.32. The zero-order valence-corrected chi connectivity index (χ0v) is 15.7. The molecule has 7 heteroatoms. The van der Waals surface area contributed by atoms with E-state index in [-0.39, 0.29) is 6.67 Å². The average Bonchev–Trinajstić information content (AvgIpc) is 3.13. The van der Waals surface area contributed by atoms with E-state index in [1.165, 1.54) is 17.5 Å². The van der Waals surface area contributed by atoms with Crippen LogP contribution in [0.1, 0.15) is 15.3 Å². The predicted molar refractivity (Wildman–Crippen MR) is 99.5 cm³/mol. The second-order valence-corrected chi connectivity index (χ2v) is 7.69. The topological polar surface area (TPSA) is 60.9 Å². The molecule has 2 aromatic rings. The molecule has 136 valence electrons. The van der Waals surface area contributed by atoms with Crippen molar-refractivity contribution in [2.75, 3.05) is 20.3 Å². The molecule has 1 aromatic heterocycles. The molecule has 4 amide bonds. The van der Waals surface area contributed by atoms with Crippen molar-refractivity contribution in [1.29, 1.82) is 0 Å². The number of urea groups is 1. The summed E-state index contributed by atoms with van der Waals surface area (Å²) in [6.45, 7) is 3.46. The first-order valence-corrected chi connectivity index (χ1v) is 9.22. The molecule has 0 atom stereocenters. The highest BCUT2D eigenvalue weighted by atomic mass is 32.1. The fourth-order valence-electron chi connectivity index (χ4n) is 2.86. The quantitative estimate of drug-likeness (QED) is 0.554. The molecule has 0 spiro atoms. The molecule has 0 N–H and O–H groups in total. The normalized spacial score (nSPS) is 14.8. The van der Waals surface area contributed by atoms with Crippen molar-refractivity contribution >= 4 is 29.2 Å². The van der Waals surface area contributed by atoms with Crippen LogP contribution in [0.4, 0.5) is 4.79 Å². The number of likely N-dealkylation sites (N-methyl/N-ethyl adjacent to an activating group) is 1. The Labute approximate surface area is 156 Å². The minimum atomic E-state index is -0.773. The number of carbonyl (C=O) groups excluding carboxylic acids is 3. The Bertz CT molecular complexity index is 818. The van der Waals surface area contributed by atoms with E-state index in [2.05, 4.69) is 24.3 Å². The van der Waals surface area contributed by atoms with Gasteiger partial charge in [-0.05, 0) is 31.0 Å². The monoisotopic (exact) mass is 371 g/mol. The van der Waals surface area contributed by atoms with Crippen LogP contribution >= 0.6 is 11.3 Å². The van der Waals surface area contributed by atoms with Gasteiger partial charge in [-0.2, -0.15) is 0 Å². The molecule has 1 aromatic carbocycles. The molecule has 0 bridgehead atoms. The Morgan fingerprint density at radius 1 is 1.00 bits per heavy atom. The van der Waals surface area contributed by atoms with Gasteiger partial charge in [0.05, 0.1) is 6.67 Å². The number of thiophene rings is 1. The van der Waals surface area contributed by atoms with Crippen LogP contribution in [-0.2, 0) is 22.6 Å².